The number of carbonyl (C=O) groups is 1. The molecule has 0 unspecified atom stereocenters. The maximum absolute atomic E-state index is 12.3. The van der Waals surface area contributed by atoms with Crippen molar-refractivity contribution in [2.24, 2.45) is 5.92 Å². The van der Waals surface area contributed by atoms with Gasteiger partial charge in [0.2, 0.25) is 5.91 Å². The monoisotopic (exact) mass is 277 g/mol. The third-order valence-electron chi connectivity index (χ3n) is 4.24. The maximum Gasteiger partial charge on any atom is 0.251 e. The van der Waals surface area contributed by atoms with Gasteiger partial charge < -0.3 is 15.2 Å². The Morgan fingerprint density at radius 2 is 2.00 bits per heavy atom. The Kier molecular flexibility index (Phi) is 4.47. The topological polar surface area (TPSA) is 68.3 Å². The maximum atomic E-state index is 12.3. The summed E-state index contributed by atoms with van der Waals surface area (Å²) in [4.78, 5) is 25.8. The minimum Gasteiger partial charge on any atom is -0.398 e. The third kappa shape index (κ3) is 3.40. The fraction of sp³-hybridized carbons (Fsp3) is 0.600. The van der Waals surface area contributed by atoms with Crippen molar-refractivity contribution in [3.05, 3.63) is 28.7 Å². The molecule has 1 aromatic heterocycles. The van der Waals surface area contributed by atoms with Crippen LogP contribution in [0.25, 0.3) is 0 Å². The van der Waals surface area contributed by atoms with Crippen LogP contribution in [0.5, 0.6) is 0 Å². The highest BCUT2D eigenvalue weighted by atomic mass is 16.2. The Balaban J connectivity index is 2.00. The number of amides is 1. The molecule has 0 radical (unpaired) electrons. The number of carbonyl (C=O) groups excluding carboxylic acids is 1. The molecule has 2 rings (SSSR count). The van der Waals surface area contributed by atoms with E-state index in [4.69, 9.17) is 5.73 Å². The number of anilines is 1. The predicted octanol–water partition coefficient (Wildman–Crippen LogP) is 1.47. The molecule has 110 valence electrons. The lowest BCUT2D eigenvalue weighted by Crippen LogP contribution is -2.42. The molecule has 1 aliphatic rings. The lowest BCUT2D eigenvalue weighted by atomic mass is 9.87. The van der Waals surface area contributed by atoms with Gasteiger partial charge in [0.25, 0.3) is 5.56 Å². The van der Waals surface area contributed by atoms with Gasteiger partial charge in [-0.05, 0) is 37.7 Å². The molecule has 0 aromatic carbocycles. The third-order valence-corrected chi connectivity index (χ3v) is 4.24. The smallest absolute Gasteiger partial charge is 0.251 e. The van der Waals surface area contributed by atoms with Crippen molar-refractivity contribution in [3.63, 3.8) is 0 Å². The molecule has 0 aliphatic heterocycles. The van der Waals surface area contributed by atoms with Gasteiger partial charge in [-0.1, -0.05) is 6.92 Å². The fourth-order valence-electron chi connectivity index (χ4n) is 2.76. The largest absolute Gasteiger partial charge is 0.398 e. The number of nitrogens with zero attached hydrogens (tertiary/aromatic N) is 2. The summed E-state index contributed by atoms with van der Waals surface area (Å²) in [5.74, 6) is 0.726. The molecule has 5 nitrogen and oxygen atoms in total. The van der Waals surface area contributed by atoms with Crippen LogP contribution in [0.2, 0.25) is 0 Å². The Morgan fingerprint density at radius 1 is 1.35 bits per heavy atom. The van der Waals surface area contributed by atoms with Crippen molar-refractivity contribution in [1.82, 2.24) is 9.47 Å². The summed E-state index contributed by atoms with van der Waals surface area (Å²) in [5, 5.41) is 0. The van der Waals surface area contributed by atoms with Crippen LogP contribution < -0.4 is 11.3 Å². The summed E-state index contributed by atoms with van der Waals surface area (Å²) in [6.45, 7) is 2.32. The SMILES string of the molecule is CC1CCC(N(C)C(=O)Cn2cc(N)ccc2=O)CC1. The quantitative estimate of drug-likeness (QED) is 0.909. The van der Waals surface area contributed by atoms with Gasteiger partial charge in [-0.15, -0.1) is 0 Å². The second kappa shape index (κ2) is 6.11. The van der Waals surface area contributed by atoms with E-state index in [1.165, 1.54) is 29.7 Å². The number of nitrogen functional groups attached to an aromatic ring is 1. The molecule has 0 bridgehead atoms. The fourth-order valence-corrected chi connectivity index (χ4v) is 2.76. The van der Waals surface area contributed by atoms with Crippen molar-refractivity contribution >= 4 is 11.6 Å². The lowest BCUT2D eigenvalue weighted by molar-refractivity contribution is -0.133. The van der Waals surface area contributed by atoms with Gasteiger partial charge in [-0.25, -0.2) is 0 Å². The minimum atomic E-state index is -0.196. The van der Waals surface area contributed by atoms with Crippen molar-refractivity contribution in [2.75, 3.05) is 12.8 Å². The number of rotatable bonds is 3. The predicted molar refractivity (Wildman–Crippen MR) is 79.3 cm³/mol. The molecule has 2 N–H and O–H groups in total. The van der Waals surface area contributed by atoms with Crippen LogP contribution in [0, 0.1) is 5.92 Å². The summed E-state index contributed by atoms with van der Waals surface area (Å²) in [7, 11) is 1.83. The van der Waals surface area contributed by atoms with Crippen LogP contribution in [0.15, 0.2) is 23.1 Å². The number of hydrogen-bond donors (Lipinski definition) is 1. The van der Waals surface area contributed by atoms with E-state index in [1.54, 1.807) is 11.0 Å². The first-order valence-electron chi connectivity index (χ1n) is 7.19. The van der Waals surface area contributed by atoms with Crippen molar-refractivity contribution in [2.45, 2.75) is 45.2 Å². The normalized spacial score (nSPS) is 22.5. The molecule has 1 heterocycles. The second-order valence-corrected chi connectivity index (χ2v) is 5.85. The number of nitrogens with two attached hydrogens (primary N) is 1. The van der Waals surface area contributed by atoms with Gasteiger partial charge in [0.15, 0.2) is 0 Å². The van der Waals surface area contributed by atoms with Crippen molar-refractivity contribution in [3.8, 4) is 0 Å². The molecular weight excluding hydrogens is 254 g/mol. The molecule has 0 saturated heterocycles. The molecule has 1 saturated carbocycles. The highest BCUT2D eigenvalue weighted by Crippen LogP contribution is 2.26. The van der Waals surface area contributed by atoms with Crippen LogP contribution in [0.3, 0.4) is 0 Å². The van der Waals surface area contributed by atoms with E-state index in [0.717, 1.165) is 18.8 Å². The van der Waals surface area contributed by atoms with Crippen LogP contribution >= 0.6 is 0 Å². The summed E-state index contributed by atoms with van der Waals surface area (Å²) >= 11 is 0. The highest BCUT2D eigenvalue weighted by molar-refractivity contribution is 5.76. The highest BCUT2D eigenvalue weighted by Gasteiger charge is 2.24. The number of pyridine rings is 1. The number of likely N-dealkylation sites (N-methyl/N-ethyl adjacent to an activating group) is 1. The first-order valence-corrected chi connectivity index (χ1v) is 7.19. The van der Waals surface area contributed by atoms with E-state index in [0.29, 0.717) is 11.7 Å². The molecule has 1 aromatic rings. The van der Waals surface area contributed by atoms with Gasteiger partial charge in [-0.2, -0.15) is 0 Å². The summed E-state index contributed by atoms with van der Waals surface area (Å²) in [5.41, 5.74) is 5.95. The zero-order valence-corrected chi connectivity index (χ0v) is 12.2. The number of hydrogen-bond acceptors (Lipinski definition) is 3. The average Bonchev–Trinajstić information content (AvgIpc) is 2.43. The van der Waals surface area contributed by atoms with E-state index in [-0.39, 0.29) is 18.0 Å². The Hall–Kier alpha value is -1.78. The zero-order valence-electron chi connectivity index (χ0n) is 12.2. The van der Waals surface area contributed by atoms with Gasteiger partial charge in [-0.3, -0.25) is 9.59 Å². The molecule has 0 atom stereocenters. The van der Waals surface area contributed by atoms with E-state index >= 15 is 0 Å². The van der Waals surface area contributed by atoms with Crippen LogP contribution in [-0.2, 0) is 11.3 Å². The van der Waals surface area contributed by atoms with Gasteiger partial charge in [0.05, 0.1) is 0 Å². The van der Waals surface area contributed by atoms with Gasteiger partial charge in [0.1, 0.15) is 6.54 Å². The Labute approximate surface area is 119 Å². The molecule has 1 amide bonds. The minimum absolute atomic E-state index is 0.0303. The lowest BCUT2D eigenvalue weighted by Gasteiger charge is -2.33. The molecular formula is C15H23N3O2. The van der Waals surface area contributed by atoms with Crippen LogP contribution in [0.1, 0.15) is 32.6 Å². The molecule has 0 spiro atoms. The molecule has 5 heteroatoms. The molecule has 20 heavy (non-hydrogen) atoms. The van der Waals surface area contributed by atoms with E-state index < -0.39 is 0 Å². The van der Waals surface area contributed by atoms with Crippen LogP contribution in [-0.4, -0.2) is 28.5 Å². The van der Waals surface area contributed by atoms with Crippen molar-refractivity contribution < 1.29 is 4.79 Å². The molecule has 1 fully saturated rings. The van der Waals surface area contributed by atoms with E-state index in [1.807, 2.05) is 7.05 Å². The summed E-state index contributed by atoms with van der Waals surface area (Å²) in [6, 6.07) is 3.25. The number of aromatic nitrogens is 1. The van der Waals surface area contributed by atoms with Crippen LogP contribution in [0.4, 0.5) is 5.69 Å². The first kappa shape index (κ1) is 14.6. The van der Waals surface area contributed by atoms with Gasteiger partial charge >= 0.3 is 0 Å². The summed E-state index contributed by atoms with van der Waals surface area (Å²) < 4.78 is 1.37. The van der Waals surface area contributed by atoms with E-state index in [2.05, 4.69) is 6.92 Å². The first-order chi connectivity index (χ1) is 9.47. The standard InChI is InChI=1S/C15H23N3O2/c1-11-3-6-13(7-4-11)17(2)15(20)10-18-9-12(16)5-8-14(18)19/h5,8-9,11,13H,3-4,6-7,10,16H2,1-2H3. The zero-order chi connectivity index (χ0) is 14.7. The summed E-state index contributed by atoms with van der Waals surface area (Å²) in [6.07, 6.45) is 5.96. The van der Waals surface area contributed by atoms with E-state index in [9.17, 15) is 9.59 Å². The second-order valence-electron chi connectivity index (χ2n) is 5.85. The van der Waals surface area contributed by atoms with Gasteiger partial charge in [0, 0.05) is 31.0 Å². The Morgan fingerprint density at radius 3 is 2.65 bits per heavy atom. The molecule has 1 aliphatic carbocycles. The van der Waals surface area contributed by atoms with Crippen molar-refractivity contribution in [1.29, 1.82) is 0 Å². The average molecular weight is 277 g/mol. The Bertz CT molecular complexity index is 530.